The van der Waals surface area contributed by atoms with Gasteiger partial charge in [-0.05, 0) is 35.1 Å². The standard InChI is InChI=1S/C11H12BrN3S/c1-13-10(11-6-14-7-16-11)4-9-3-2-8(12)5-15-9/h2-3,5-7,10,13H,4H2,1H3. The highest BCUT2D eigenvalue weighted by molar-refractivity contribution is 9.10. The molecule has 0 amide bonds. The minimum absolute atomic E-state index is 0.293. The number of hydrogen-bond acceptors (Lipinski definition) is 4. The summed E-state index contributed by atoms with van der Waals surface area (Å²) in [5.41, 5.74) is 2.94. The lowest BCUT2D eigenvalue weighted by Gasteiger charge is -2.13. The molecule has 0 fully saturated rings. The van der Waals surface area contributed by atoms with Crippen molar-refractivity contribution in [2.75, 3.05) is 7.05 Å². The molecule has 16 heavy (non-hydrogen) atoms. The highest BCUT2D eigenvalue weighted by Crippen LogP contribution is 2.20. The fourth-order valence-electron chi connectivity index (χ4n) is 1.48. The molecule has 1 atom stereocenters. The van der Waals surface area contributed by atoms with E-state index in [-0.39, 0.29) is 0 Å². The molecule has 2 heterocycles. The second kappa shape index (κ2) is 5.52. The first-order valence-electron chi connectivity index (χ1n) is 4.95. The molecule has 1 N–H and O–H groups in total. The van der Waals surface area contributed by atoms with E-state index in [4.69, 9.17) is 0 Å². The first-order chi connectivity index (χ1) is 7.79. The van der Waals surface area contributed by atoms with Crippen LogP contribution in [0.15, 0.2) is 34.5 Å². The molecule has 0 aliphatic carbocycles. The van der Waals surface area contributed by atoms with Crippen molar-refractivity contribution < 1.29 is 0 Å². The Hall–Kier alpha value is -0.780. The molecule has 0 aliphatic heterocycles. The number of halogens is 1. The fraction of sp³-hybridized carbons (Fsp3) is 0.273. The molecular formula is C11H12BrN3S. The van der Waals surface area contributed by atoms with E-state index in [9.17, 15) is 0 Å². The molecule has 5 heteroatoms. The minimum Gasteiger partial charge on any atom is -0.312 e. The highest BCUT2D eigenvalue weighted by Gasteiger charge is 2.12. The van der Waals surface area contributed by atoms with Gasteiger partial charge in [0.05, 0.1) is 5.51 Å². The molecule has 2 aromatic heterocycles. The fourth-order valence-corrected chi connectivity index (χ4v) is 2.44. The SMILES string of the molecule is CNC(Cc1ccc(Br)cn1)c1cncs1. The van der Waals surface area contributed by atoms with Gasteiger partial charge < -0.3 is 5.32 Å². The third-order valence-corrected chi connectivity index (χ3v) is 3.70. The molecule has 0 aromatic carbocycles. The molecule has 84 valence electrons. The Labute approximate surface area is 107 Å². The topological polar surface area (TPSA) is 37.8 Å². The van der Waals surface area contributed by atoms with Gasteiger partial charge in [0.25, 0.3) is 0 Å². The van der Waals surface area contributed by atoms with Gasteiger partial charge in [0.1, 0.15) is 0 Å². The van der Waals surface area contributed by atoms with E-state index < -0.39 is 0 Å². The van der Waals surface area contributed by atoms with Crippen molar-refractivity contribution in [1.29, 1.82) is 0 Å². The second-order valence-corrected chi connectivity index (χ2v) is 5.25. The third-order valence-electron chi connectivity index (χ3n) is 2.35. The Morgan fingerprint density at radius 1 is 1.44 bits per heavy atom. The number of thiazole rings is 1. The predicted molar refractivity (Wildman–Crippen MR) is 69.6 cm³/mol. The zero-order valence-electron chi connectivity index (χ0n) is 8.85. The number of hydrogen-bond donors (Lipinski definition) is 1. The van der Waals surface area contributed by atoms with Gasteiger partial charge in [-0.15, -0.1) is 11.3 Å². The molecule has 0 radical (unpaired) electrons. The van der Waals surface area contributed by atoms with E-state index in [0.717, 1.165) is 16.6 Å². The van der Waals surface area contributed by atoms with E-state index in [0.29, 0.717) is 6.04 Å². The Kier molecular flexibility index (Phi) is 4.04. The zero-order valence-corrected chi connectivity index (χ0v) is 11.3. The van der Waals surface area contributed by atoms with Gasteiger partial charge in [-0.2, -0.15) is 0 Å². The molecule has 0 bridgehead atoms. The summed E-state index contributed by atoms with van der Waals surface area (Å²) in [6.07, 6.45) is 4.62. The lowest BCUT2D eigenvalue weighted by Crippen LogP contribution is -2.18. The summed E-state index contributed by atoms with van der Waals surface area (Å²) in [6.45, 7) is 0. The van der Waals surface area contributed by atoms with Gasteiger partial charge >= 0.3 is 0 Å². The molecule has 0 spiro atoms. The monoisotopic (exact) mass is 297 g/mol. The maximum Gasteiger partial charge on any atom is 0.0794 e. The van der Waals surface area contributed by atoms with Crippen LogP contribution in [0.5, 0.6) is 0 Å². The van der Waals surface area contributed by atoms with E-state index in [1.807, 2.05) is 37.1 Å². The number of aromatic nitrogens is 2. The van der Waals surface area contributed by atoms with Gasteiger partial charge in [0.2, 0.25) is 0 Å². The average Bonchev–Trinajstić information content (AvgIpc) is 2.82. The normalized spacial score (nSPS) is 12.6. The van der Waals surface area contributed by atoms with Crippen molar-refractivity contribution >= 4 is 27.3 Å². The van der Waals surface area contributed by atoms with Crippen molar-refractivity contribution in [3.8, 4) is 0 Å². The maximum atomic E-state index is 4.37. The van der Waals surface area contributed by atoms with Crippen LogP contribution in [-0.2, 0) is 6.42 Å². The molecular weight excluding hydrogens is 286 g/mol. The third kappa shape index (κ3) is 2.87. The van der Waals surface area contributed by atoms with Crippen LogP contribution in [0.4, 0.5) is 0 Å². The van der Waals surface area contributed by atoms with Gasteiger partial charge in [-0.3, -0.25) is 9.97 Å². The summed E-state index contributed by atoms with van der Waals surface area (Å²) in [5.74, 6) is 0. The number of likely N-dealkylation sites (N-methyl/N-ethyl adjacent to an activating group) is 1. The van der Waals surface area contributed by atoms with Crippen molar-refractivity contribution in [2.24, 2.45) is 0 Å². The van der Waals surface area contributed by atoms with Gasteiger partial charge in [0.15, 0.2) is 0 Å². The summed E-state index contributed by atoms with van der Waals surface area (Å²) >= 11 is 5.05. The molecule has 0 aliphatic rings. The van der Waals surface area contributed by atoms with Crippen molar-refractivity contribution in [1.82, 2.24) is 15.3 Å². The first-order valence-corrected chi connectivity index (χ1v) is 6.63. The number of nitrogens with zero attached hydrogens (tertiary/aromatic N) is 2. The van der Waals surface area contributed by atoms with Crippen LogP contribution in [0.1, 0.15) is 16.6 Å². The molecule has 2 aromatic rings. The van der Waals surface area contributed by atoms with Crippen LogP contribution in [0.25, 0.3) is 0 Å². The Balaban J connectivity index is 2.10. The van der Waals surface area contributed by atoms with Crippen LogP contribution in [-0.4, -0.2) is 17.0 Å². The van der Waals surface area contributed by atoms with Gasteiger partial charge in [-0.1, -0.05) is 0 Å². The van der Waals surface area contributed by atoms with E-state index in [1.54, 1.807) is 11.3 Å². The van der Waals surface area contributed by atoms with Crippen LogP contribution in [0.3, 0.4) is 0 Å². The largest absolute Gasteiger partial charge is 0.312 e. The van der Waals surface area contributed by atoms with E-state index in [1.165, 1.54) is 4.88 Å². The molecule has 1 unspecified atom stereocenters. The number of rotatable bonds is 4. The molecule has 3 nitrogen and oxygen atoms in total. The molecule has 0 saturated carbocycles. The summed E-state index contributed by atoms with van der Waals surface area (Å²) in [6, 6.07) is 4.35. The van der Waals surface area contributed by atoms with Crippen LogP contribution < -0.4 is 5.32 Å². The zero-order chi connectivity index (χ0) is 11.4. The lowest BCUT2D eigenvalue weighted by molar-refractivity contribution is 0.593. The van der Waals surface area contributed by atoms with Crippen LogP contribution in [0, 0.1) is 0 Å². The Morgan fingerprint density at radius 2 is 2.31 bits per heavy atom. The second-order valence-electron chi connectivity index (χ2n) is 3.42. The summed E-state index contributed by atoms with van der Waals surface area (Å²) in [7, 11) is 1.96. The van der Waals surface area contributed by atoms with Crippen molar-refractivity contribution in [3.63, 3.8) is 0 Å². The van der Waals surface area contributed by atoms with Crippen LogP contribution in [0.2, 0.25) is 0 Å². The van der Waals surface area contributed by atoms with Gasteiger partial charge in [-0.25, -0.2) is 0 Å². The first kappa shape index (κ1) is 11.7. The summed E-state index contributed by atoms with van der Waals surface area (Å²) in [5, 5.41) is 3.29. The van der Waals surface area contributed by atoms with E-state index >= 15 is 0 Å². The summed E-state index contributed by atoms with van der Waals surface area (Å²) in [4.78, 5) is 9.71. The Bertz CT molecular complexity index is 427. The van der Waals surface area contributed by atoms with Crippen LogP contribution >= 0.6 is 27.3 Å². The van der Waals surface area contributed by atoms with Crippen molar-refractivity contribution in [3.05, 3.63) is 45.1 Å². The van der Waals surface area contributed by atoms with E-state index in [2.05, 4.69) is 31.2 Å². The quantitative estimate of drug-likeness (QED) is 0.943. The number of pyridine rings is 1. The predicted octanol–water partition coefficient (Wildman–Crippen LogP) is 2.80. The minimum atomic E-state index is 0.293. The Morgan fingerprint density at radius 3 is 2.88 bits per heavy atom. The molecule has 0 saturated heterocycles. The highest BCUT2D eigenvalue weighted by atomic mass is 79.9. The lowest BCUT2D eigenvalue weighted by atomic mass is 10.1. The number of nitrogens with one attached hydrogen (secondary N) is 1. The molecule has 2 rings (SSSR count). The smallest absolute Gasteiger partial charge is 0.0794 e. The maximum absolute atomic E-state index is 4.37. The van der Waals surface area contributed by atoms with Gasteiger partial charge in [0, 0.05) is 39.9 Å². The van der Waals surface area contributed by atoms with Crippen molar-refractivity contribution in [2.45, 2.75) is 12.5 Å². The summed E-state index contributed by atoms with van der Waals surface area (Å²) < 4.78 is 1.01. The average molecular weight is 298 g/mol.